The number of nitrogens with two attached hydrogens (primary N) is 1. The average Bonchev–Trinajstić information content (AvgIpc) is 2.03. The van der Waals surface area contributed by atoms with Gasteiger partial charge < -0.3 is 0 Å². The van der Waals surface area contributed by atoms with Gasteiger partial charge in [-0.1, -0.05) is 0 Å². The first-order valence-corrected chi connectivity index (χ1v) is 5.92. The van der Waals surface area contributed by atoms with Crippen LogP contribution in [-0.4, -0.2) is 26.1 Å². The molecule has 0 saturated heterocycles. The van der Waals surface area contributed by atoms with Crippen LogP contribution in [0.25, 0.3) is 0 Å². The first-order valence-electron chi connectivity index (χ1n) is 3.86. The number of phenolic OH excluding ortho intramolecular Hbond substituents is 1. The van der Waals surface area contributed by atoms with Crippen molar-refractivity contribution in [1.82, 2.24) is 0 Å². The summed E-state index contributed by atoms with van der Waals surface area (Å²) in [5.74, 6) is 0.329. The van der Waals surface area contributed by atoms with Crippen molar-refractivity contribution in [3.8, 4) is 5.75 Å². The summed E-state index contributed by atoms with van der Waals surface area (Å²) in [5, 5.41) is 10.1. The summed E-state index contributed by atoms with van der Waals surface area (Å²) >= 11 is 0.446. The van der Waals surface area contributed by atoms with E-state index in [0.29, 0.717) is 20.7 Å². The van der Waals surface area contributed by atoms with Gasteiger partial charge in [-0.05, 0) is 0 Å². The summed E-state index contributed by atoms with van der Waals surface area (Å²) in [6, 6.07) is 7.63. The number of benzene rings is 1. The van der Waals surface area contributed by atoms with Crippen molar-refractivity contribution in [2.24, 2.45) is 5.73 Å². The van der Waals surface area contributed by atoms with Crippen LogP contribution in [0.2, 0.25) is 5.32 Å². The van der Waals surface area contributed by atoms with E-state index in [1.807, 2.05) is 19.1 Å². The molecule has 1 aromatic rings. The van der Waals surface area contributed by atoms with Gasteiger partial charge in [-0.25, -0.2) is 0 Å². The van der Waals surface area contributed by atoms with Gasteiger partial charge in [0.1, 0.15) is 0 Å². The summed E-state index contributed by atoms with van der Waals surface area (Å²) in [7, 11) is 0. The molecule has 0 aliphatic rings. The van der Waals surface area contributed by atoms with Gasteiger partial charge in [-0.15, -0.1) is 0 Å². The molecule has 1 rings (SSSR count). The monoisotopic (exact) mass is 231 g/mol. The molecule has 3 N–H and O–H groups in total. The summed E-state index contributed by atoms with van der Waals surface area (Å²) in [5.41, 5.74) is 5.64. The van der Waals surface area contributed by atoms with E-state index in [1.54, 1.807) is 12.1 Å². The van der Waals surface area contributed by atoms with Gasteiger partial charge in [0.25, 0.3) is 0 Å². The zero-order valence-electron chi connectivity index (χ0n) is 7.03. The second-order valence-electron chi connectivity index (χ2n) is 2.78. The van der Waals surface area contributed by atoms with Crippen molar-refractivity contribution in [2.75, 3.05) is 0 Å². The molecule has 2 nitrogen and oxygen atoms in total. The number of phenols is 1. The Morgan fingerprint density at radius 2 is 2.00 bits per heavy atom. The van der Waals surface area contributed by atoms with Crippen molar-refractivity contribution in [3.05, 3.63) is 24.3 Å². The molecule has 1 aromatic carbocycles. The molecule has 0 bridgehead atoms. The maximum absolute atomic E-state index is 9.02. The van der Waals surface area contributed by atoms with Crippen molar-refractivity contribution in [3.63, 3.8) is 0 Å². The predicted molar refractivity (Wildman–Crippen MR) is 52.0 cm³/mol. The SMILES string of the molecule is C[C@H](N)C[Se]c1ccc(O)cc1. The van der Waals surface area contributed by atoms with Crippen molar-refractivity contribution in [2.45, 2.75) is 18.3 Å². The first kappa shape index (κ1) is 9.59. The van der Waals surface area contributed by atoms with E-state index in [0.717, 1.165) is 5.32 Å². The molecule has 1 atom stereocenters. The van der Waals surface area contributed by atoms with Crippen LogP contribution in [0.5, 0.6) is 5.75 Å². The van der Waals surface area contributed by atoms with E-state index >= 15 is 0 Å². The van der Waals surface area contributed by atoms with Crippen LogP contribution in [0.1, 0.15) is 6.92 Å². The van der Waals surface area contributed by atoms with Crippen LogP contribution in [0.3, 0.4) is 0 Å². The molecule has 12 heavy (non-hydrogen) atoms. The quantitative estimate of drug-likeness (QED) is 0.742. The van der Waals surface area contributed by atoms with E-state index < -0.39 is 0 Å². The Bertz CT molecular complexity index is 233. The van der Waals surface area contributed by atoms with Crippen molar-refractivity contribution < 1.29 is 5.11 Å². The zero-order chi connectivity index (χ0) is 8.97. The van der Waals surface area contributed by atoms with E-state index in [-0.39, 0.29) is 6.04 Å². The molecule has 0 spiro atoms. The Labute approximate surface area is 78.9 Å². The fraction of sp³-hybridized carbons (Fsp3) is 0.333. The van der Waals surface area contributed by atoms with E-state index in [1.165, 1.54) is 4.46 Å². The van der Waals surface area contributed by atoms with Gasteiger partial charge >= 0.3 is 78.6 Å². The van der Waals surface area contributed by atoms with Gasteiger partial charge in [-0.2, -0.15) is 0 Å². The third kappa shape index (κ3) is 3.26. The second-order valence-corrected chi connectivity index (χ2v) is 5.08. The molecular weight excluding hydrogens is 217 g/mol. The van der Waals surface area contributed by atoms with Gasteiger partial charge in [0.05, 0.1) is 0 Å². The van der Waals surface area contributed by atoms with Gasteiger partial charge in [0.15, 0.2) is 0 Å². The topological polar surface area (TPSA) is 46.2 Å². The van der Waals surface area contributed by atoms with Crippen LogP contribution in [0, 0.1) is 0 Å². The van der Waals surface area contributed by atoms with Crippen LogP contribution in [0.15, 0.2) is 24.3 Å². The first-order chi connectivity index (χ1) is 5.68. The molecule has 0 aliphatic heterocycles. The second kappa shape index (κ2) is 4.51. The summed E-state index contributed by atoms with van der Waals surface area (Å²) in [4.78, 5) is 0. The molecule has 0 aromatic heterocycles. The molecule has 0 saturated carbocycles. The molecule has 0 aliphatic carbocycles. The predicted octanol–water partition coefficient (Wildman–Crippen LogP) is 0.487. The van der Waals surface area contributed by atoms with Crippen LogP contribution >= 0.6 is 0 Å². The normalized spacial score (nSPS) is 12.8. The van der Waals surface area contributed by atoms with Crippen LogP contribution in [0.4, 0.5) is 0 Å². The fourth-order valence-electron chi connectivity index (χ4n) is 0.770. The van der Waals surface area contributed by atoms with E-state index in [2.05, 4.69) is 0 Å². The van der Waals surface area contributed by atoms with Gasteiger partial charge in [0.2, 0.25) is 0 Å². The van der Waals surface area contributed by atoms with E-state index in [9.17, 15) is 0 Å². The minimum atomic E-state index is 0.277. The summed E-state index contributed by atoms with van der Waals surface area (Å²) < 4.78 is 1.29. The number of rotatable bonds is 3. The van der Waals surface area contributed by atoms with Gasteiger partial charge in [0, 0.05) is 0 Å². The number of hydrogen-bond acceptors (Lipinski definition) is 2. The number of hydrogen-bond donors (Lipinski definition) is 2. The number of aromatic hydroxyl groups is 1. The molecule has 66 valence electrons. The fourth-order valence-corrected chi connectivity index (χ4v) is 2.41. The molecule has 0 heterocycles. The average molecular weight is 230 g/mol. The van der Waals surface area contributed by atoms with Crippen molar-refractivity contribution in [1.29, 1.82) is 0 Å². The standard InChI is InChI=1S/C9H13NOSe/c1-7(10)6-12-9-4-2-8(11)3-5-9/h2-5,7,11H,6,10H2,1H3/t7-/m0/s1. The zero-order valence-corrected chi connectivity index (χ0v) is 8.74. The Kier molecular flexibility index (Phi) is 3.60. The third-order valence-corrected chi connectivity index (χ3v) is 4.07. The third-order valence-electron chi connectivity index (χ3n) is 1.35. The van der Waals surface area contributed by atoms with Crippen LogP contribution < -0.4 is 10.2 Å². The molecule has 3 heteroatoms. The Balaban J connectivity index is 2.48. The van der Waals surface area contributed by atoms with Crippen LogP contribution in [-0.2, 0) is 0 Å². The minimum absolute atomic E-state index is 0.277. The maximum atomic E-state index is 9.02. The molecular formula is C9H13NOSe. The molecule has 0 amide bonds. The summed E-state index contributed by atoms with van der Waals surface area (Å²) in [6.07, 6.45) is 0. The Hall–Kier alpha value is -0.501. The molecule has 0 unspecified atom stereocenters. The Morgan fingerprint density at radius 1 is 1.42 bits per heavy atom. The Morgan fingerprint density at radius 3 is 2.50 bits per heavy atom. The van der Waals surface area contributed by atoms with Gasteiger partial charge in [-0.3, -0.25) is 0 Å². The van der Waals surface area contributed by atoms with Crippen molar-refractivity contribution >= 4 is 19.4 Å². The molecule has 0 fully saturated rings. The summed E-state index contributed by atoms with van der Waals surface area (Å²) in [6.45, 7) is 2.02. The van der Waals surface area contributed by atoms with E-state index in [4.69, 9.17) is 10.8 Å². The molecule has 0 radical (unpaired) electrons.